The summed E-state index contributed by atoms with van der Waals surface area (Å²) >= 11 is 0. The van der Waals surface area contributed by atoms with Gasteiger partial charge in [0.05, 0.1) is 6.04 Å². The first-order valence-electron chi connectivity index (χ1n) is 6.31. The predicted molar refractivity (Wildman–Crippen MR) is 71.6 cm³/mol. The SMILES string of the molecule is CCc1ccccc1C1=NC(C(C)(C)C)CO1. The molecule has 0 aromatic heterocycles. The van der Waals surface area contributed by atoms with Crippen LogP contribution in [0.25, 0.3) is 0 Å². The van der Waals surface area contributed by atoms with Gasteiger partial charge in [-0.3, -0.25) is 0 Å². The third-order valence-electron chi connectivity index (χ3n) is 3.28. The fraction of sp³-hybridized carbons (Fsp3) is 0.533. The van der Waals surface area contributed by atoms with Crippen LogP contribution >= 0.6 is 0 Å². The summed E-state index contributed by atoms with van der Waals surface area (Å²) in [4.78, 5) is 4.73. The number of hydrogen-bond donors (Lipinski definition) is 0. The molecule has 0 aliphatic carbocycles. The van der Waals surface area contributed by atoms with Gasteiger partial charge in [0.1, 0.15) is 6.61 Å². The van der Waals surface area contributed by atoms with Gasteiger partial charge in [0.2, 0.25) is 5.90 Å². The van der Waals surface area contributed by atoms with Crippen LogP contribution in [0.1, 0.15) is 38.8 Å². The smallest absolute Gasteiger partial charge is 0.216 e. The third kappa shape index (κ3) is 2.51. The summed E-state index contributed by atoms with van der Waals surface area (Å²) in [6, 6.07) is 8.63. The van der Waals surface area contributed by atoms with Gasteiger partial charge in [-0.2, -0.15) is 0 Å². The summed E-state index contributed by atoms with van der Waals surface area (Å²) < 4.78 is 5.77. The molecule has 0 saturated heterocycles. The van der Waals surface area contributed by atoms with Gasteiger partial charge in [-0.15, -0.1) is 0 Å². The Hall–Kier alpha value is -1.31. The zero-order chi connectivity index (χ0) is 12.5. The van der Waals surface area contributed by atoms with E-state index in [0.717, 1.165) is 17.9 Å². The van der Waals surface area contributed by atoms with E-state index in [2.05, 4.69) is 45.9 Å². The van der Waals surface area contributed by atoms with Gasteiger partial charge >= 0.3 is 0 Å². The van der Waals surface area contributed by atoms with Crippen molar-refractivity contribution in [2.45, 2.75) is 40.2 Å². The predicted octanol–water partition coefficient (Wildman–Crippen LogP) is 3.44. The summed E-state index contributed by atoms with van der Waals surface area (Å²) in [5.74, 6) is 0.822. The number of benzene rings is 1. The molecule has 1 aromatic carbocycles. The van der Waals surface area contributed by atoms with Gasteiger partial charge in [0.25, 0.3) is 0 Å². The van der Waals surface area contributed by atoms with Crippen molar-refractivity contribution in [3.05, 3.63) is 35.4 Å². The Kier molecular flexibility index (Phi) is 3.23. The highest BCUT2D eigenvalue weighted by atomic mass is 16.5. The molecule has 0 spiro atoms. The van der Waals surface area contributed by atoms with Crippen LogP contribution in [0.4, 0.5) is 0 Å². The molecule has 92 valence electrons. The van der Waals surface area contributed by atoms with Crippen molar-refractivity contribution in [3.63, 3.8) is 0 Å². The molecule has 0 bridgehead atoms. The Morgan fingerprint density at radius 3 is 2.59 bits per heavy atom. The lowest BCUT2D eigenvalue weighted by Crippen LogP contribution is -2.25. The van der Waals surface area contributed by atoms with E-state index in [0.29, 0.717) is 6.61 Å². The number of hydrogen-bond acceptors (Lipinski definition) is 2. The zero-order valence-electron chi connectivity index (χ0n) is 11.2. The van der Waals surface area contributed by atoms with E-state index < -0.39 is 0 Å². The minimum Gasteiger partial charge on any atom is -0.475 e. The molecule has 0 radical (unpaired) electrons. The van der Waals surface area contributed by atoms with Crippen molar-refractivity contribution >= 4 is 5.90 Å². The lowest BCUT2D eigenvalue weighted by atomic mass is 9.88. The molecule has 1 atom stereocenters. The van der Waals surface area contributed by atoms with E-state index in [9.17, 15) is 0 Å². The van der Waals surface area contributed by atoms with Crippen LogP contribution in [-0.2, 0) is 11.2 Å². The van der Waals surface area contributed by atoms with Crippen LogP contribution in [-0.4, -0.2) is 18.5 Å². The first-order valence-corrected chi connectivity index (χ1v) is 6.31. The van der Waals surface area contributed by atoms with Crippen LogP contribution in [0.2, 0.25) is 0 Å². The molecule has 17 heavy (non-hydrogen) atoms. The maximum atomic E-state index is 5.77. The van der Waals surface area contributed by atoms with E-state index >= 15 is 0 Å². The maximum Gasteiger partial charge on any atom is 0.216 e. The molecule has 1 aliphatic heterocycles. The van der Waals surface area contributed by atoms with Crippen molar-refractivity contribution in [3.8, 4) is 0 Å². The van der Waals surface area contributed by atoms with Crippen LogP contribution in [0.5, 0.6) is 0 Å². The first-order chi connectivity index (χ1) is 8.02. The number of rotatable bonds is 2. The summed E-state index contributed by atoms with van der Waals surface area (Å²) in [6.07, 6.45) is 1.01. The fourth-order valence-corrected chi connectivity index (χ4v) is 2.00. The lowest BCUT2D eigenvalue weighted by Gasteiger charge is -2.21. The highest BCUT2D eigenvalue weighted by Gasteiger charge is 2.30. The number of ether oxygens (including phenoxy) is 1. The Labute approximate surface area is 104 Å². The third-order valence-corrected chi connectivity index (χ3v) is 3.28. The monoisotopic (exact) mass is 231 g/mol. The van der Waals surface area contributed by atoms with Crippen LogP contribution in [0.15, 0.2) is 29.3 Å². The summed E-state index contributed by atoms with van der Waals surface area (Å²) in [7, 11) is 0. The van der Waals surface area contributed by atoms with E-state index in [4.69, 9.17) is 9.73 Å². The van der Waals surface area contributed by atoms with Crippen LogP contribution in [0, 0.1) is 5.41 Å². The normalized spacial score (nSPS) is 20.0. The van der Waals surface area contributed by atoms with Crippen LogP contribution < -0.4 is 0 Å². The summed E-state index contributed by atoms with van der Waals surface area (Å²) in [6.45, 7) is 9.49. The van der Waals surface area contributed by atoms with E-state index in [1.165, 1.54) is 5.56 Å². The molecular weight excluding hydrogens is 210 g/mol. The second kappa shape index (κ2) is 4.52. The summed E-state index contributed by atoms with van der Waals surface area (Å²) in [5.41, 5.74) is 2.63. The number of aryl methyl sites for hydroxylation is 1. The second-order valence-electron chi connectivity index (χ2n) is 5.64. The van der Waals surface area contributed by atoms with Gasteiger partial charge in [0.15, 0.2) is 0 Å². The molecule has 0 saturated carbocycles. The standard InChI is InChI=1S/C15H21NO/c1-5-11-8-6-7-9-12(11)14-16-13(10-17-14)15(2,3)4/h6-9,13H,5,10H2,1-4H3. The number of nitrogens with zero attached hydrogens (tertiary/aromatic N) is 1. The molecule has 2 rings (SSSR count). The van der Waals surface area contributed by atoms with Crippen molar-refractivity contribution in [2.75, 3.05) is 6.61 Å². The largest absolute Gasteiger partial charge is 0.475 e. The van der Waals surface area contributed by atoms with Gasteiger partial charge in [0, 0.05) is 5.56 Å². The topological polar surface area (TPSA) is 21.6 Å². The minimum atomic E-state index is 0.170. The quantitative estimate of drug-likeness (QED) is 0.764. The van der Waals surface area contributed by atoms with Crippen molar-refractivity contribution < 1.29 is 4.74 Å². The van der Waals surface area contributed by atoms with Gasteiger partial charge < -0.3 is 4.74 Å². The first kappa shape index (κ1) is 12.2. The molecule has 0 N–H and O–H groups in total. The molecule has 2 nitrogen and oxygen atoms in total. The molecule has 1 unspecified atom stereocenters. The Bertz CT molecular complexity index is 429. The van der Waals surface area contributed by atoms with Crippen molar-refractivity contribution in [2.24, 2.45) is 10.4 Å². The van der Waals surface area contributed by atoms with Gasteiger partial charge in [-0.25, -0.2) is 4.99 Å². The minimum absolute atomic E-state index is 0.170. The highest BCUT2D eigenvalue weighted by Crippen LogP contribution is 2.28. The summed E-state index contributed by atoms with van der Waals surface area (Å²) in [5, 5.41) is 0. The second-order valence-corrected chi connectivity index (χ2v) is 5.64. The number of aliphatic imine (C=N–C) groups is 1. The lowest BCUT2D eigenvalue weighted by molar-refractivity contribution is 0.236. The van der Waals surface area contributed by atoms with E-state index in [-0.39, 0.29) is 11.5 Å². The molecule has 1 aromatic rings. The highest BCUT2D eigenvalue weighted by molar-refractivity contribution is 5.96. The van der Waals surface area contributed by atoms with Crippen molar-refractivity contribution in [1.82, 2.24) is 0 Å². The van der Waals surface area contributed by atoms with E-state index in [1.807, 2.05) is 6.07 Å². The molecular formula is C15H21NO. The van der Waals surface area contributed by atoms with Gasteiger partial charge in [-0.1, -0.05) is 45.9 Å². The Morgan fingerprint density at radius 2 is 2.00 bits per heavy atom. The van der Waals surface area contributed by atoms with E-state index in [1.54, 1.807) is 0 Å². The maximum absolute atomic E-state index is 5.77. The molecule has 1 aliphatic rings. The average Bonchev–Trinajstić information content (AvgIpc) is 2.77. The molecule has 2 heteroatoms. The van der Waals surface area contributed by atoms with Gasteiger partial charge in [-0.05, 0) is 23.5 Å². The van der Waals surface area contributed by atoms with Crippen molar-refractivity contribution in [1.29, 1.82) is 0 Å². The molecule has 1 heterocycles. The molecule has 0 amide bonds. The van der Waals surface area contributed by atoms with Crippen LogP contribution in [0.3, 0.4) is 0 Å². The Morgan fingerprint density at radius 1 is 1.29 bits per heavy atom. The average molecular weight is 231 g/mol. The molecule has 0 fully saturated rings. The zero-order valence-corrected chi connectivity index (χ0v) is 11.2. The fourth-order valence-electron chi connectivity index (χ4n) is 2.00. The Balaban J connectivity index is 2.30.